The van der Waals surface area contributed by atoms with E-state index in [1.807, 2.05) is 32.0 Å². The molecule has 0 bridgehead atoms. The lowest BCUT2D eigenvalue weighted by atomic mass is 9.93. The van der Waals surface area contributed by atoms with Crippen molar-refractivity contribution in [1.82, 2.24) is 9.80 Å². The fourth-order valence-corrected chi connectivity index (χ4v) is 4.77. The molecule has 0 aliphatic carbocycles. The number of likely N-dealkylation sites (tertiary alicyclic amines) is 1. The molecule has 2 aliphatic heterocycles. The minimum Gasteiger partial charge on any atom is -0.507 e. The molecule has 2 atom stereocenters. The van der Waals surface area contributed by atoms with Gasteiger partial charge in [-0.3, -0.25) is 9.59 Å². The Hall–Kier alpha value is -3.52. The number of hydrogen-bond acceptors (Lipinski definition) is 7. The van der Waals surface area contributed by atoms with Gasteiger partial charge in [0.15, 0.2) is 0 Å². The molecule has 2 unspecified atom stereocenters. The van der Waals surface area contributed by atoms with Gasteiger partial charge in [-0.2, -0.15) is 0 Å². The normalized spacial score (nSPS) is 20.8. The number of fused-ring (bicyclic) bond motifs is 1. The summed E-state index contributed by atoms with van der Waals surface area (Å²) in [5.74, 6) is 0.256. The predicted octanol–water partition coefficient (Wildman–Crippen LogP) is 3.40. The van der Waals surface area contributed by atoms with Crippen molar-refractivity contribution in [3.63, 3.8) is 0 Å². The summed E-state index contributed by atoms with van der Waals surface area (Å²) < 4.78 is 16.8. The van der Waals surface area contributed by atoms with Crippen molar-refractivity contribution in [2.75, 3.05) is 41.4 Å². The zero-order valence-corrected chi connectivity index (χ0v) is 20.8. The van der Waals surface area contributed by atoms with Crippen LogP contribution < -0.4 is 14.2 Å². The van der Waals surface area contributed by atoms with Crippen LogP contribution in [-0.4, -0.2) is 74.1 Å². The minimum absolute atomic E-state index is 0.0401. The number of carbonyl (C=O) groups excluding carboxylic acids is 2. The number of methoxy groups -OCH3 is 2. The monoisotopic (exact) mass is 480 g/mol. The molecule has 8 nitrogen and oxygen atoms in total. The van der Waals surface area contributed by atoms with Crippen LogP contribution in [0.5, 0.6) is 17.2 Å². The molecule has 1 fully saturated rings. The molecule has 0 spiro atoms. The third-order valence-electron chi connectivity index (χ3n) is 6.45. The summed E-state index contributed by atoms with van der Waals surface area (Å²) >= 11 is 0. The second-order valence-corrected chi connectivity index (χ2v) is 9.21. The highest BCUT2D eigenvalue weighted by Gasteiger charge is 2.47. The molecule has 0 aromatic heterocycles. The first-order chi connectivity index (χ1) is 16.7. The van der Waals surface area contributed by atoms with Crippen LogP contribution in [0.1, 0.15) is 36.1 Å². The van der Waals surface area contributed by atoms with E-state index in [1.165, 1.54) is 12.0 Å². The van der Waals surface area contributed by atoms with Gasteiger partial charge < -0.3 is 29.1 Å². The van der Waals surface area contributed by atoms with E-state index < -0.39 is 17.7 Å². The SMILES string of the molecule is COc1ccc(OC)c(C2/C(=C(\O)c3ccc4c(c3)CC(C)O4)C(=O)C(=O)N2CCCN(C)C)c1. The lowest BCUT2D eigenvalue weighted by Gasteiger charge is -2.27. The highest BCUT2D eigenvalue weighted by molar-refractivity contribution is 6.46. The fraction of sp³-hybridized carbons (Fsp3) is 0.407. The van der Waals surface area contributed by atoms with E-state index >= 15 is 0 Å². The third kappa shape index (κ3) is 4.71. The lowest BCUT2D eigenvalue weighted by molar-refractivity contribution is -0.140. The van der Waals surface area contributed by atoms with Crippen LogP contribution in [0.3, 0.4) is 0 Å². The average molecular weight is 481 g/mol. The van der Waals surface area contributed by atoms with Gasteiger partial charge in [-0.1, -0.05) is 0 Å². The van der Waals surface area contributed by atoms with E-state index in [9.17, 15) is 14.7 Å². The molecule has 8 heteroatoms. The number of nitrogens with zero attached hydrogens (tertiary/aromatic N) is 2. The molecule has 0 radical (unpaired) electrons. The smallest absolute Gasteiger partial charge is 0.295 e. The maximum atomic E-state index is 13.3. The quantitative estimate of drug-likeness (QED) is 0.352. The van der Waals surface area contributed by atoms with E-state index in [2.05, 4.69) is 0 Å². The van der Waals surface area contributed by atoms with Crippen molar-refractivity contribution in [3.8, 4) is 17.2 Å². The second kappa shape index (κ2) is 10.00. The Labute approximate surface area is 205 Å². The van der Waals surface area contributed by atoms with Gasteiger partial charge in [0.25, 0.3) is 11.7 Å². The summed E-state index contributed by atoms with van der Waals surface area (Å²) in [4.78, 5) is 30.1. The number of aliphatic hydroxyl groups is 1. The van der Waals surface area contributed by atoms with E-state index in [0.717, 1.165) is 17.9 Å². The molecule has 186 valence electrons. The van der Waals surface area contributed by atoms with E-state index in [4.69, 9.17) is 14.2 Å². The Morgan fingerprint density at radius 2 is 1.91 bits per heavy atom. The molecule has 35 heavy (non-hydrogen) atoms. The highest BCUT2D eigenvalue weighted by atomic mass is 16.5. The van der Waals surface area contributed by atoms with Gasteiger partial charge in [0.2, 0.25) is 0 Å². The van der Waals surface area contributed by atoms with Crippen molar-refractivity contribution in [2.45, 2.75) is 31.9 Å². The molecule has 1 saturated heterocycles. The van der Waals surface area contributed by atoms with E-state index in [0.29, 0.717) is 42.0 Å². The summed E-state index contributed by atoms with van der Waals surface area (Å²) in [5.41, 5.74) is 2.05. The van der Waals surface area contributed by atoms with E-state index in [-0.39, 0.29) is 17.4 Å². The van der Waals surface area contributed by atoms with Crippen LogP contribution in [0.2, 0.25) is 0 Å². The van der Waals surface area contributed by atoms with Crippen LogP contribution in [0, 0.1) is 0 Å². The lowest BCUT2D eigenvalue weighted by Crippen LogP contribution is -2.32. The molecular formula is C27H32N2O6. The maximum absolute atomic E-state index is 13.3. The van der Waals surface area contributed by atoms with Crippen molar-refractivity contribution < 1.29 is 28.9 Å². The molecular weight excluding hydrogens is 448 g/mol. The zero-order chi connectivity index (χ0) is 25.3. The summed E-state index contributed by atoms with van der Waals surface area (Å²) in [6.07, 6.45) is 1.42. The molecule has 1 amide bonds. The molecule has 2 heterocycles. The molecule has 2 aromatic carbocycles. The molecule has 0 saturated carbocycles. The number of amides is 1. The number of aliphatic hydroxyl groups excluding tert-OH is 1. The second-order valence-electron chi connectivity index (χ2n) is 9.21. The number of carbonyl (C=O) groups is 2. The number of benzene rings is 2. The summed E-state index contributed by atoms with van der Waals surface area (Å²) in [5, 5.41) is 11.4. The van der Waals surface area contributed by atoms with Crippen LogP contribution in [0.4, 0.5) is 0 Å². The van der Waals surface area contributed by atoms with Gasteiger partial charge in [0.05, 0.1) is 25.8 Å². The Kier molecular flexibility index (Phi) is 7.03. The highest BCUT2D eigenvalue weighted by Crippen LogP contribution is 2.44. The first-order valence-electron chi connectivity index (χ1n) is 11.7. The van der Waals surface area contributed by atoms with E-state index in [1.54, 1.807) is 37.4 Å². The molecule has 2 aliphatic rings. The number of hydrogen-bond donors (Lipinski definition) is 1. The predicted molar refractivity (Wildman–Crippen MR) is 132 cm³/mol. The molecule has 2 aromatic rings. The van der Waals surface area contributed by atoms with Crippen molar-refractivity contribution in [2.24, 2.45) is 0 Å². The van der Waals surface area contributed by atoms with Crippen LogP contribution in [0.15, 0.2) is 42.0 Å². The van der Waals surface area contributed by atoms with Gasteiger partial charge in [-0.05, 0) is 75.9 Å². The van der Waals surface area contributed by atoms with Gasteiger partial charge >= 0.3 is 0 Å². The minimum atomic E-state index is -0.814. The Morgan fingerprint density at radius 1 is 1.14 bits per heavy atom. The van der Waals surface area contributed by atoms with Crippen LogP contribution in [0.25, 0.3) is 5.76 Å². The zero-order valence-electron chi connectivity index (χ0n) is 20.8. The number of rotatable bonds is 8. The van der Waals surface area contributed by atoms with Gasteiger partial charge in [-0.25, -0.2) is 0 Å². The molecule has 4 rings (SSSR count). The Balaban J connectivity index is 1.85. The first-order valence-corrected chi connectivity index (χ1v) is 11.7. The maximum Gasteiger partial charge on any atom is 0.295 e. The van der Waals surface area contributed by atoms with Crippen LogP contribution in [-0.2, 0) is 16.0 Å². The third-order valence-corrected chi connectivity index (χ3v) is 6.45. The number of ether oxygens (including phenoxy) is 3. The number of ketones is 1. The summed E-state index contributed by atoms with van der Waals surface area (Å²) in [7, 11) is 6.99. The van der Waals surface area contributed by atoms with Gasteiger partial charge in [-0.15, -0.1) is 0 Å². The Morgan fingerprint density at radius 3 is 2.60 bits per heavy atom. The topological polar surface area (TPSA) is 88.5 Å². The Bertz CT molecular complexity index is 1170. The van der Waals surface area contributed by atoms with Crippen molar-refractivity contribution in [3.05, 3.63) is 58.7 Å². The van der Waals surface area contributed by atoms with Gasteiger partial charge in [0.1, 0.15) is 29.1 Å². The summed E-state index contributed by atoms with van der Waals surface area (Å²) in [6.45, 7) is 3.07. The van der Waals surface area contributed by atoms with Crippen molar-refractivity contribution in [1.29, 1.82) is 0 Å². The summed E-state index contributed by atoms with van der Waals surface area (Å²) in [6, 6.07) is 9.76. The van der Waals surface area contributed by atoms with Crippen LogP contribution >= 0.6 is 0 Å². The average Bonchev–Trinajstić information content (AvgIpc) is 3.33. The van der Waals surface area contributed by atoms with Crippen molar-refractivity contribution >= 4 is 17.4 Å². The fourth-order valence-electron chi connectivity index (χ4n) is 4.77. The largest absolute Gasteiger partial charge is 0.507 e. The molecule has 1 N–H and O–H groups in total. The number of Topliss-reactive ketones (excluding diaryl/α,β-unsaturated/α-hetero) is 1. The standard InChI is InChI=1S/C27H32N2O6/c1-16-13-18-14-17(7-9-21(18)35-16)25(30)23-24(20-15-19(33-4)8-10-22(20)34-5)29(27(32)26(23)31)12-6-11-28(2)3/h7-10,14-16,24,30H,6,11-13H2,1-5H3/b25-23+. The van der Waals surface area contributed by atoms with Gasteiger partial charge in [0, 0.05) is 24.1 Å². The first kappa shape index (κ1) is 24.6.